The zero-order chi connectivity index (χ0) is 12.0. The molecule has 1 aliphatic heterocycles. The van der Waals surface area contributed by atoms with Crippen molar-refractivity contribution in [3.63, 3.8) is 0 Å². The fourth-order valence-corrected chi connectivity index (χ4v) is 2.38. The Morgan fingerprint density at radius 1 is 1.50 bits per heavy atom. The third-order valence-electron chi connectivity index (χ3n) is 3.24. The van der Waals surface area contributed by atoms with Crippen LogP contribution in [0.3, 0.4) is 0 Å². The van der Waals surface area contributed by atoms with E-state index in [4.69, 9.17) is 10.5 Å². The number of hydrogen-bond acceptors (Lipinski definition) is 3. The Labute approximate surface area is 98.7 Å². The van der Waals surface area contributed by atoms with Crippen molar-refractivity contribution in [2.24, 2.45) is 23.5 Å². The molecule has 2 N–H and O–H groups in total. The SMILES string of the molecule is CC(C)CC(CN)CC(=O)C1CCCOC1. The van der Waals surface area contributed by atoms with Gasteiger partial charge in [0.15, 0.2) is 0 Å². The van der Waals surface area contributed by atoms with Crippen molar-refractivity contribution in [1.82, 2.24) is 0 Å². The van der Waals surface area contributed by atoms with E-state index < -0.39 is 0 Å². The Bertz CT molecular complexity index is 210. The van der Waals surface area contributed by atoms with Crippen molar-refractivity contribution < 1.29 is 9.53 Å². The highest BCUT2D eigenvalue weighted by atomic mass is 16.5. The minimum atomic E-state index is 0.134. The van der Waals surface area contributed by atoms with Gasteiger partial charge in [0.25, 0.3) is 0 Å². The molecule has 1 saturated heterocycles. The number of rotatable bonds is 6. The fourth-order valence-electron chi connectivity index (χ4n) is 2.38. The van der Waals surface area contributed by atoms with Gasteiger partial charge in [-0.3, -0.25) is 4.79 Å². The van der Waals surface area contributed by atoms with Crippen molar-refractivity contribution in [1.29, 1.82) is 0 Å². The highest BCUT2D eigenvalue weighted by Crippen LogP contribution is 2.21. The van der Waals surface area contributed by atoms with E-state index in [-0.39, 0.29) is 5.92 Å². The van der Waals surface area contributed by atoms with Crippen molar-refractivity contribution in [3.8, 4) is 0 Å². The molecule has 1 heterocycles. The average molecular weight is 227 g/mol. The Morgan fingerprint density at radius 2 is 2.25 bits per heavy atom. The highest BCUT2D eigenvalue weighted by molar-refractivity contribution is 5.81. The highest BCUT2D eigenvalue weighted by Gasteiger charge is 2.24. The van der Waals surface area contributed by atoms with E-state index in [2.05, 4.69) is 13.8 Å². The lowest BCUT2D eigenvalue weighted by atomic mass is 9.87. The van der Waals surface area contributed by atoms with E-state index >= 15 is 0 Å². The van der Waals surface area contributed by atoms with Crippen LogP contribution in [0.1, 0.15) is 39.5 Å². The second kappa shape index (κ2) is 7.02. The van der Waals surface area contributed by atoms with Gasteiger partial charge in [-0.1, -0.05) is 13.8 Å². The summed E-state index contributed by atoms with van der Waals surface area (Å²) in [7, 11) is 0. The molecule has 0 amide bonds. The van der Waals surface area contributed by atoms with E-state index in [1.54, 1.807) is 0 Å². The molecule has 0 radical (unpaired) electrons. The average Bonchev–Trinajstić information content (AvgIpc) is 2.28. The quantitative estimate of drug-likeness (QED) is 0.755. The topological polar surface area (TPSA) is 52.3 Å². The standard InChI is InChI=1S/C13H25NO2/c1-10(2)6-11(8-14)7-13(15)12-4-3-5-16-9-12/h10-12H,3-9,14H2,1-2H3. The first-order valence-electron chi connectivity index (χ1n) is 6.44. The van der Waals surface area contributed by atoms with Crippen LogP contribution in [0.25, 0.3) is 0 Å². The van der Waals surface area contributed by atoms with E-state index in [0.29, 0.717) is 37.2 Å². The molecular weight excluding hydrogens is 202 g/mol. The largest absolute Gasteiger partial charge is 0.381 e. The first-order valence-corrected chi connectivity index (χ1v) is 6.44. The van der Waals surface area contributed by atoms with Gasteiger partial charge in [-0.2, -0.15) is 0 Å². The van der Waals surface area contributed by atoms with Crippen LogP contribution in [-0.4, -0.2) is 25.5 Å². The second-order valence-electron chi connectivity index (χ2n) is 5.32. The number of ether oxygens (including phenoxy) is 1. The zero-order valence-corrected chi connectivity index (χ0v) is 10.6. The van der Waals surface area contributed by atoms with Crippen molar-refractivity contribution in [2.45, 2.75) is 39.5 Å². The van der Waals surface area contributed by atoms with Gasteiger partial charge in [0.1, 0.15) is 5.78 Å². The third-order valence-corrected chi connectivity index (χ3v) is 3.24. The molecule has 16 heavy (non-hydrogen) atoms. The molecule has 1 aliphatic rings. The number of ketones is 1. The molecule has 0 aromatic rings. The number of hydrogen-bond donors (Lipinski definition) is 1. The molecule has 2 atom stereocenters. The van der Waals surface area contributed by atoms with Gasteiger partial charge in [-0.05, 0) is 37.6 Å². The van der Waals surface area contributed by atoms with Crippen molar-refractivity contribution >= 4 is 5.78 Å². The Morgan fingerprint density at radius 3 is 2.75 bits per heavy atom. The maximum Gasteiger partial charge on any atom is 0.138 e. The van der Waals surface area contributed by atoms with Crippen LogP contribution in [0.2, 0.25) is 0 Å². The molecule has 0 saturated carbocycles. The Kier molecular flexibility index (Phi) is 5.99. The maximum absolute atomic E-state index is 12.0. The van der Waals surface area contributed by atoms with Crippen LogP contribution in [0, 0.1) is 17.8 Å². The summed E-state index contributed by atoms with van der Waals surface area (Å²) >= 11 is 0. The third kappa shape index (κ3) is 4.62. The summed E-state index contributed by atoms with van der Waals surface area (Å²) in [5, 5.41) is 0. The molecule has 0 spiro atoms. The normalized spacial score (nSPS) is 23.4. The lowest BCUT2D eigenvalue weighted by Crippen LogP contribution is -2.29. The minimum absolute atomic E-state index is 0.134. The molecule has 0 aromatic carbocycles. The summed E-state index contributed by atoms with van der Waals surface area (Å²) in [4.78, 5) is 12.0. The molecule has 0 bridgehead atoms. The Balaban J connectivity index is 2.35. The molecule has 0 aliphatic carbocycles. The van der Waals surface area contributed by atoms with E-state index in [9.17, 15) is 4.79 Å². The molecule has 0 aromatic heterocycles. The monoisotopic (exact) mass is 227 g/mol. The summed E-state index contributed by atoms with van der Waals surface area (Å²) in [6, 6.07) is 0. The summed E-state index contributed by atoms with van der Waals surface area (Å²) in [6.45, 7) is 6.42. The van der Waals surface area contributed by atoms with Crippen molar-refractivity contribution in [2.75, 3.05) is 19.8 Å². The van der Waals surface area contributed by atoms with Gasteiger partial charge in [-0.15, -0.1) is 0 Å². The van der Waals surface area contributed by atoms with Crippen LogP contribution in [0.4, 0.5) is 0 Å². The molecule has 94 valence electrons. The molecule has 1 rings (SSSR count). The van der Waals surface area contributed by atoms with Crippen molar-refractivity contribution in [3.05, 3.63) is 0 Å². The lowest BCUT2D eigenvalue weighted by molar-refractivity contribution is -0.127. The zero-order valence-electron chi connectivity index (χ0n) is 10.6. The summed E-state index contributed by atoms with van der Waals surface area (Å²) < 4.78 is 5.35. The van der Waals surface area contributed by atoms with Crippen LogP contribution in [-0.2, 0) is 9.53 Å². The van der Waals surface area contributed by atoms with E-state index in [0.717, 1.165) is 25.9 Å². The van der Waals surface area contributed by atoms with Gasteiger partial charge in [-0.25, -0.2) is 0 Å². The second-order valence-corrected chi connectivity index (χ2v) is 5.32. The van der Waals surface area contributed by atoms with Crippen LogP contribution in [0.15, 0.2) is 0 Å². The Hall–Kier alpha value is -0.410. The minimum Gasteiger partial charge on any atom is -0.381 e. The van der Waals surface area contributed by atoms with Gasteiger partial charge in [0, 0.05) is 18.9 Å². The molecule has 2 unspecified atom stereocenters. The smallest absolute Gasteiger partial charge is 0.138 e. The number of carbonyl (C=O) groups excluding carboxylic acids is 1. The van der Waals surface area contributed by atoms with E-state index in [1.165, 1.54) is 0 Å². The molecule has 3 nitrogen and oxygen atoms in total. The first-order chi connectivity index (χ1) is 7.63. The number of Topliss-reactive ketones (excluding diaryl/α,β-unsaturated/α-hetero) is 1. The lowest BCUT2D eigenvalue weighted by Gasteiger charge is -2.23. The van der Waals surface area contributed by atoms with Gasteiger partial charge >= 0.3 is 0 Å². The molecular formula is C13H25NO2. The summed E-state index contributed by atoms with van der Waals surface area (Å²) in [6.07, 6.45) is 3.71. The van der Waals surface area contributed by atoms with Gasteiger partial charge in [0.2, 0.25) is 0 Å². The van der Waals surface area contributed by atoms with Gasteiger partial charge in [0.05, 0.1) is 6.61 Å². The summed E-state index contributed by atoms with van der Waals surface area (Å²) in [5.41, 5.74) is 5.72. The predicted octanol–water partition coefficient (Wildman–Crippen LogP) is 1.99. The van der Waals surface area contributed by atoms with Gasteiger partial charge < -0.3 is 10.5 Å². The van der Waals surface area contributed by atoms with Crippen LogP contribution in [0.5, 0.6) is 0 Å². The molecule has 3 heteroatoms. The fraction of sp³-hybridized carbons (Fsp3) is 0.923. The molecule has 1 fully saturated rings. The van der Waals surface area contributed by atoms with Crippen LogP contribution >= 0.6 is 0 Å². The summed E-state index contributed by atoms with van der Waals surface area (Å²) in [5.74, 6) is 1.46. The maximum atomic E-state index is 12.0. The van der Waals surface area contributed by atoms with E-state index in [1.807, 2.05) is 0 Å². The predicted molar refractivity (Wildman–Crippen MR) is 65.2 cm³/mol. The first kappa shape index (κ1) is 13.7. The van der Waals surface area contributed by atoms with Crippen LogP contribution < -0.4 is 5.73 Å². The number of carbonyl (C=O) groups is 1. The number of nitrogens with two attached hydrogens (primary N) is 1.